The van der Waals surface area contributed by atoms with Crippen LogP contribution in [0.25, 0.3) is 11.0 Å². The van der Waals surface area contributed by atoms with Crippen LogP contribution in [0.3, 0.4) is 0 Å². The van der Waals surface area contributed by atoms with Crippen LogP contribution in [0, 0.1) is 13.8 Å². The topological polar surface area (TPSA) is 63.0 Å². The molecule has 6 heteroatoms. The number of ether oxygens (including phenoxy) is 1. The summed E-state index contributed by atoms with van der Waals surface area (Å²) >= 11 is 0. The molecular formula is C23H24N2O4. The van der Waals surface area contributed by atoms with E-state index in [-0.39, 0.29) is 24.8 Å². The van der Waals surface area contributed by atoms with Gasteiger partial charge in [0.05, 0.1) is 24.9 Å². The van der Waals surface area contributed by atoms with E-state index < -0.39 is 6.10 Å². The fourth-order valence-electron chi connectivity index (χ4n) is 3.62. The van der Waals surface area contributed by atoms with Gasteiger partial charge < -0.3 is 19.0 Å². The Hall–Kier alpha value is -3.28. The van der Waals surface area contributed by atoms with E-state index in [0.29, 0.717) is 11.4 Å². The molecule has 1 atom stereocenters. The third kappa shape index (κ3) is 3.46. The molecule has 0 saturated carbocycles. The Bertz CT molecular complexity index is 1100. The fourth-order valence-corrected chi connectivity index (χ4v) is 3.62. The lowest BCUT2D eigenvalue weighted by Crippen LogP contribution is -2.50. The maximum atomic E-state index is 13.3. The van der Waals surface area contributed by atoms with Crippen LogP contribution in [-0.2, 0) is 16.0 Å². The Kier molecular flexibility index (Phi) is 4.78. The molecule has 1 aliphatic rings. The van der Waals surface area contributed by atoms with Gasteiger partial charge in [-0.15, -0.1) is 0 Å². The molecule has 4 rings (SSSR count). The largest absolute Gasteiger partial charge is 0.476 e. The minimum absolute atomic E-state index is 0.0989. The number of likely N-dealkylation sites (N-methyl/N-ethyl adjacent to an activating group) is 1. The normalized spacial score (nSPS) is 15.7. The summed E-state index contributed by atoms with van der Waals surface area (Å²) in [6, 6.07) is 11.4. The number of hydrogen-bond donors (Lipinski definition) is 0. The number of aryl methyl sites for hydroxylation is 2. The number of hydrogen-bond acceptors (Lipinski definition) is 4. The molecule has 1 aromatic heterocycles. The zero-order valence-electron chi connectivity index (χ0n) is 17.1. The second-order valence-corrected chi connectivity index (χ2v) is 7.68. The Morgan fingerprint density at radius 3 is 2.62 bits per heavy atom. The van der Waals surface area contributed by atoms with Crippen molar-refractivity contribution in [1.29, 1.82) is 0 Å². The van der Waals surface area contributed by atoms with E-state index in [1.54, 1.807) is 31.3 Å². The predicted octanol–water partition coefficient (Wildman–Crippen LogP) is 3.47. The van der Waals surface area contributed by atoms with E-state index in [1.165, 1.54) is 4.90 Å². The van der Waals surface area contributed by atoms with Gasteiger partial charge in [-0.2, -0.15) is 0 Å². The molecule has 2 aromatic carbocycles. The molecule has 0 bridgehead atoms. The van der Waals surface area contributed by atoms with Crippen LogP contribution in [0.2, 0.25) is 0 Å². The van der Waals surface area contributed by atoms with Crippen LogP contribution in [0.5, 0.6) is 5.75 Å². The summed E-state index contributed by atoms with van der Waals surface area (Å²) in [7, 11) is 3.36. The van der Waals surface area contributed by atoms with Gasteiger partial charge in [-0.3, -0.25) is 9.59 Å². The highest BCUT2D eigenvalue weighted by molar-refractivity contribution is 6.00. The maximum Gasteiger partial charge on any atom is 0.265 e. The highest BCUT2D eigenvalue weighted by Gasteiger charge is 2.34. The molecule has 150 valence electrons. The zero-order valence-corrected chi connectivity index (χ0v) is 17.1. The van der Waals surface area contributed by atoms with Gasteiger partial charge in [-0.25, -0.2) is 0 Å². The molecule has 2 amide bonds. The molecule has 0 unspecified atom stereocenters. The van der Waals surface area contributed by atoms with Crippen LogP contribution in [-0.4, -0.2) is 43.5 Å². The standard InChI is InChI=1S/C23H24N2O4/c1-14-9-17-16(13-28-20(17)10-15(14)2)11-22(26)25-12-21(23(27)24(3)4)29-19-8-6-5-7-18(19)25/h5-10,13,21H,11-12H2,1-4H3/t21-/m1/s1. The molecule has 29 heavy (non-hydrogen) atoms. The number of furan rings is 1. The van der Waals surface area contributed by atoms with Crippen molar-refractivity contribution in [1.82, 2.24) is 4.90 Å². The van der Waals surface area contributed by atoms with Crippen LogP contribution >= 0.6 is 0 Å². The second kappa shape index (κ2) is 7.28. The summed E-state index contributed by atoms with van der Waals surface area (Å²) in [6.07, 6.45) is 1.11. The predicted molar refractivity (Wildman–Crippen MR) is 111 cm³/mol. The van der Waals surface area contributed by atoms with Crippen LogP contribution < -0.4 is 9.64 Å². The van der Waals surface area contributed by atoms with Crippen molar-refractivity contribution in [2.75, 3.05) is 25.5 Å². The lowest BCUT2D eigenvalue weighted by atomic mass is 10.0. The van der Waals surface area contributed by atoms with Crippen LogP contribution in [0.1, 0.15) is 16.7 Å². The minimum atomic E-state index is -0.727. The summed E-state index contributed by atoms with van der Waals surface area (Å²) in [5, 5.41) is 0.948. The van der Waals surface area contributed by atoms with Gasteiger partial charge in [0.25, 0.3) is 5.91 Å². The monoisotopic (exact) mass is 392 g/mol. The fraction of sp³-hybridized carbons (Fsp3) is 0.304. The number of amides is 2. The van der Waals surface area contributed by atoms with Crippen LogP contribution in [0.15, 0.2) is 47.1 Å². The van der Waals surface area contributed by atoms with E-state index in [9.17, 15) is 9.59 Å². The van der Waals surface area contributed by atoms with E-state index in [2.05, 4.69) is 6.07 Å². The third-order valence-corrected chi connectivity index (χ3v) is 5.40. The van der Waals surface area contributed by atoms with Gasteiger partial charge in [-0.05, 0) is 49.2 Å². The van der Waals surface area contributed by atoms with Crippen molar-refractivity contribution < 1.29 is 18.7 Å². The van der Waals surface area contributed by atoms with Crippen molar-refractivity contribution in [2.45, 2.75) is 26.4 Å². The molecule has 0 spiro atoms. The average molecular weight is 392 g/mol. The highest BCUT2D eigenvalue weighted by atomic mass is 16.5. The van der Waals surface area contributed by atoms with Gasteiger partial charge in [0.2, 0.25) is 5.91 Å². The van der Waals surface area contributed by atoms with Gasteiger partial charge in [0.1, 0.15) is 11.3 Å². The van der Waals surface area contributed by atoms with Gasteiger partial charge in [0.15, 0.2) is 6.10 Å². The van der Waals surface area contributed by atoms with Gasteiger partial charge in [-0.1, -0.05) is 12.1 Å². The molecule has 1 aliphatic heterocycles. The maximum absolute atomic E-state index is 13.3. The van der Waals surface area contributed by atoms with E-state index in [0.717, 1.165) is 27.7 Å². The Labute approximate surface area is 169 Å². The number of benzene rings is 2. The first-order valence-electron chi connectivity index (χ1n) is 9.59. The smallest absolute Gasteiger partial charge is 0.265 e. The number of carbonyl (C=O) groups excluding carboxylic acids is 2. The third-order valence-electron chi connectivity index (χ3n) is 5.40. The first-order valence-corrected chi connectivity index (χ1v) is 9.59. The summed E-state index contributed by atoms with van der Waals surface area (Å²) in [5.74, 6) is 0.270. The quantitative estimate of drug-likeness (QED) is 0.685. The molecule has 3 aromatic rings. The summed E-state index contributed by atoms with van der Waals surface area (Å²) in [4.78, 5) is 28.9. The second-order valence-electron chi connectivity index (χ2n) is 7.68. The number of nitrogens with zero attached hydrogens (tertiary/aromatic N) is 2. The zero-order chi connectivity index (χ0) is 20.7. The van der Waals surface area contributed by atoms with Crippen molar-refractivity contribution >= 4 is 28.5 Å². The van der Waals surface area contributed by atoms with E-state index in [4.69, 9.17) is 9.15 Å². The Morgan fingerprint density at radius 2 is 1.86 bits per heavy atom. The van der Waals surface area contributed by atoms with Crippen molar-refractivity contribution in [3.8, 4) is 5.75 Å². The van der Waals surface area contributed by atoms with Crippen LogP contribution in [0.4, 0.5) is 5.69 Å². The molecule has 6 nitrogen and oxygen atoms in total. The Morgan fingerprint density at radius 1 is 1.14 bits per heavy atom. The minimum Gasteiger partial charge on any atom is -0.476 e. The average Bonchev–Trinajstić information content (AvgIpc) is 3.08. The van der Waals surface area contributed by atoms with Crippen molar-refractivity contribution in [3.05, 3.63) is 59.4 Å². The molecule has 0 saturated heterocycles. The summed E-state index contributed by atoms with van der Waals surface area (Å²) in [5.41, 5.74) is 4.60. The molecule has 0 N–H and O–H groups in total. The SMILES string of the molecule is Cc1cc2occ(CC(=O)N3C[C@H](C(=O)N(C)C)Oc4ccccc43)c2cc1C. The lowest BCUT2D eigenvalue weighted by Gasteiger charge is -2.35. The highest BCUT2D eigenvalue weighted by Crippen LogP contribution is 2.34. The summed E-state index contributed by atoms with van der Waals surface area (Å²) in [6.45, 7) is 4.26. The number of para-hydroxylation sites is 2. The molecule has 0 fully saturated rings. The molecule has 0 aliphatic carbocycles. The molecular weight excluding hydrogens is 368 g/mol. The van der Waals surface area contributed by atoms with Gasteiger partial charge >= 0.3 is 0 Å². The van der Waals surface area contributed by atoms with Crippen molar-refractivity contribution in [3.63, 3.8) is 0 Å². The van der Waals surface area contributed by atoms with Gasteiger partial charge in [0, 0.05) is 25.0 Å². The number of carbonyl (C=O) groups is 2. The van der Waals surface area contributed by atoms with E-state index >= 15 is 0 Å². The number of rotatable bonds is 3. The van der Waals surface area contributed by atoms with E-state index in [1.807, 2.05) is 38.1 Å². The molecule has 2 heterocycles. The Balaban J connectivity index is 1.65. The first-order chi connectivity index (χ1) is 13.8. The summed E-state index contributed by atoms with van der Waals surface area (Å²) < 4.78 is 11.5. The first kappa shape index (κ1) is 19.1. The van der Waals surface area contributed by atoms with Crippen molar-refractivity contribution in [2.24, 2.45) is 0 Å². The number of fused-ring (bicyclic) bond motifs is 2. The lowest BCUT2D eigenvalue weighted by molar-refractivity contribution is -0.136. The number of anilines is 1. The molecule has 0 radical (unpaired) electrons.